The highest BCUT2D eigenvalue weighted by molar-refractivity contribution is 7.93. The van der Waals surface area contributed by atoms with Gasteiger partial charge in [0.2, 0.25) is 67.3 Å². The number of nitrogens with one attached hydrogen (secondary N) is 6. The number of nitrogens with zero attached hydrogens (tertiary/aromatic N) is 6. The number of hydrogen-bond donors (Lipinski definition) is 8. The fourth-order valence-corrected chi connectivity index (χ4v) is 13.9. The minimum atomic E-state index is -3.37. The first kappa shape index (κ1) is 151. The molecule has 0 spiro atoms. The number of imide groups is 2. The molecule has 2 aliphatic heterocycles. The molecule has 2 aliphatic rings. The van der Waals surface area contributed by atoms with Gasteiger partial charge in [0.25, 0.3) is 0 Å². The van der Waals surface area contributed by atoms with E-state index < -0.39 is 113 Å². The monoisotopic (exact) mass is 2040 g/mol. The van der Waals surface area contributed by atoms with E-state index in [9.17, 15) is 116 Å². The SMILES string of the molecule is C.CC(=O)CS(=O)(=O)C(C)C.CC(=O)CS(=O)(=O)CC(C)C.CC(=O)NC(=O)C(C)C.CC(=O)NC(=O)CC(C)C.CC(C)C(=O)NS(C)(=O)=O.CC(C)C(=O)NS(C)=O.CC(C)C1=NN=NC1.CC(C)CC(=O)NS(C)(=O)=O.CC(C)CC(=O)NS(C)=O.CC(C)CC1=NN=NC1.CC(C)CP(C)(=O)O.CC(C)CS(C)(=O)=O.CC(C)P(C)(=O)O.CC(C)S(C)(=O)=O. The minimum absolute atomic E-state index is 0. The Morgan fingerprint density at radius 2 is 0.773 bits per heavy atom. The summed E-state index contributed by atoms with van der Waals surface area (Å²) >= 11 is 0. The van der Waals surface area contributed by atoms with Gasteiger partial charge in [-0.25, -0.2) is 58.9 Å². The lowest BCUT2D eigenvalue weighted by molar-refractivity contribution is -0.132. The van der Waals surface area contributed by atoms with Crippen molar-refractivity contribution in [2.75, 3.05) is 93.1 Å². The summed E-state index contributed by atoms with van der Waals surface area (Å²) in [7, 11) is -26.4. The van der Waals surface area contributed by atoms with Crippen LogP contribution < -0.4 is 29.5 Å². The number of Topliss-reactive ketones (excluding diaryl/α,β-unsaturated/α-hetero) is 2. The van der Waals surface area contributed by atoms with Crippen LogP contribution >= 0.6 is 14.7 Å². The van der Waals surface area contributed by atoms with Crippen molar-refractivity contribution in [2.24, 2.45) is 96.0 Å². The first-order valence-corrected chi connectivity index (χ1v) is 59.3. The van der Waals surface area contributed by atoms with Gasteiger partial charge < -0.3 is 9.79 Å². The summed E-state index contributed by atoms with van der Waals surface area (Å²) in [5.74, 6) is -0.884. The van der Waals surface area contributed by atoms with Crippen LogP contribution in [0, 0.1) is 65.1 Å². The summed E-state index contributed by atoms with van der Waals surface area (Å²) in [5.41, 5.74) is 2.11. The summed E-state index contributed by atoms with van der Waals surface area (Å²) in [5, 5.41) is 25.8. The predicted molar refractivity (Wildman–Crippen MR) is 521 cm³/mol. The number of amides is 8. The molecule has 0 aromatic rings. The Kier molecular flexibility index (Phi) is 92.9. The molecule has 0 bridgehead atoms. The average molecular weight is 2040 g/mol. The number of sulfonamides is 2. The third kappa shape index (κ3) is 143. The Balaban J connectivity index is -0.000000101. The van der Waals surface area contributed by atoms with E-state index >= 15 is 0 Å². The highest BCUT2D eigenvalue weighted by Crippen LogP contribution is 2.40. The zero-order valence-electron chi connectivity index (χ0n) is 83.2. The Labute approximate surface area is 776 Å². The molecule has 4 unspecified atom stereocenters. The molecule has 4 atom stereocenters. The van der Waals surface area contributed by atoms with Gasteiger partial charge >= 0.3 is 0 Å². The number of carbonyl (C=O) groups excluding carboxylic acids is 10. The van der Waals surface area contributed by atoms with Gasteiger partial charge in [0, 0.05) is 101 Å². The molecule has 0 aromatic heterocycles. The normalized spacial score (nSPS) is 13.2. The molecule has 2 rings (SSSR count). The molecule has 2 heterocycles. The average Bonchev–Trinajstić information content (AvgIpc) is 1.18. The summed E-state index contributed by atoms with van der Waals surface area (Å²) in [6.45, 7) is 60.8. The highest BCUT2D eigenvalue weighted by Gasteiger charge is 2.20. The molecule has 50 heteroatoms. The van der Waals surface area contributed by atoms with E-state index in [-0.39, 0.29) is 125 Å². The summed E-state index contributed by atoms with van der Waals surface area (Å²) in [6, 6.07) is 0. The first-order chi connectivity index (χ1) is 56.3. The molecular weight excluding hydrogens is 1870 g/mol. The Morgan fingerprint density at radius 3 is 0.945 bits per heavy atom. The number of rotatable bonds is 29. The number of ketones is 2. The Morgan fingerprint density at radius 1 is 0.430 bits per heavy atom. The second-order valence-electron chi connectivity index (χ2n) is 34.4. The van der Waals surface area contributed by atoms with Gasteiger partial charge in [-0.15, -0.1) is 10.2 Å². The Bertz CT molecular complexity index is 4160. The van der Waals surface area contributed by atoms with Gasteiger partial charge in [-0.2, -0.15) is 10.2 Å². The molecule has 0 saturated carbocycles. The van der Waals surface area contributed by atoms with Gasteiger partial charge in [0.05, 0.1) is 45.9 Å². The van der Waals surface area contributed by atoms with Crippen molar-refractivity contribution >= 4 is 166 Å². The van der Waals surface area contributed by atoms with Crippen LogP contribution in [0.2, 0.25) is 0 Å². The summed E-state index contributed by atoms with van der Waals surface area (Å²) < 4.78 is 177. The predicted octanol–water partition coefficient (Wildman–Crippen LogP) is 10.3. The first-order valence-electron chi connectivity index (χ1n) is 40.4. The highest BCUT2D eigenvalue weighted by atomic mass is 32.2. The molecule has 8 amide bonds. The van der Waals surface area contributed by atoms with Crippen LogP contribution in [-0.2, 0) is 138 Å². The number of carbonyl (C=O) groups is 10. The lowest BCUT2D eigenvalue weighted by Crippen LogP contribution is -2.32. The topological polar surface area (TPSA) is 631 Å². The van der Waals surface area contributed by atoms with Crippen LogP contribution in [0.5, 0.6) is 0 Å². The van der Waals surface area contributed by atoms with Crippen LogP contribution in [-0.4, -0.2) is 248 Å². The molecular formula is C78H168N12O28P2S8. The number of hydrogen-bond acceptors (Lipinski definition) is 32. The molecule has 0 fully saturated rings. The maximum absolute atomic E-state index is 11.0. The van der Waals surface area contributed by atoms with Crippen molar-refractivity contribution in [3.8, 4) is 0 Å². The molecule has 766 valence electrons. The molecule has 8 N–H and O–H groups in total. The van der Waals surface area contributed by atoms with Crippen LogP contribution in [0.4, 0.5) is 0 Å². The maximum atomic E-state index is 11.0. The van der Waals surface area contributed by atoms with E-state index in [0.717, 1.165) is 36.9 Å². The van der Waals surface area contributed by atoms with E-state index in [2.05, 4.69) is 78.7 Å². The van der Waals surface area contributed by atoms with Crippen molar-refractivity contribution < 1.29 is 126 Å². The van der Waals surface area contributed by atoms with Crippen LogP contribution in [0.3, 0.4) is 0 Å². The third-order valence-corrected chi connectivity index (χ3v) is 25.4. The zero-order chi connectivity index (χ0) is 104. The van der Waals surface area contributed by atoms with Crippen LogP contribution in [0.25, 0.3) is 0 Å². The fraction of sp³-hybridized carbons (Fsp3) is 0.846. The molecule has 0 radical (unpaired) electrons. The molecule has 0 saturated heterocycles. The fourth-order valence-electron chi connectivity index (χ4n) is 6.64. The second kappa shape index (κ2) is 78.9. The van der Waals surface area contributed by atoms with E-state index in [1.165, 1.54) is 66.0 Å². The van der Waals surface area contributed by atoms with E-state index in [1.807, 2.05) is 92.5 Å². The van der Waals surface area contributed by atoms with E-state index in [4.69, 9.17) is 9.79 Å². The van der Waals surface area contributed by atoms with E-state index in [1.54, 1.807) is 83.1 Å². The smallest absolute Gasteiger partial charge is 0.235 e. The van der Waals surface area contributed by atoms with Crippen LogP contribution in [0.1, 0.15) is 255 Å². The number of sulfone groups is 4. The van der Waals surface area contributed by atoms with Crippen molar-refractivity contribution in [2.45, 2.75) is 271 Å². The van der Waals surface area contributed by atoms with Crippen molar-refractivity contribution in [3.63, 3.8) is 0 Å². The second-order valence-corrected chi connectivity index (χ2v) is 54.9. The lowest BCUT2D eigenvalue weighted by atomic mass is 10.1. The summed E-state index contributed by atoms with van der Waals surface area (Å²) in [4.78, 5) is 123. The lowest BCUT2D eigenvalue weighted by Gasteiger charge is -2.06. The maximum Gasteiger partial charge on any atom is 0.235 e. The Hall–Kier alpha value is -5.58. The van der Waals surface area contributed by atoms with Gasteiger partial charge in [-0.3, -0.25) is 86.6 Å². The van der Waals surface area contributed by atoms with Gasteiger partial charge in [-0.1, -0.05) is 174 Å². The van der Waals surface area contributed by atoms with Crippen molar-refractivity contribution in [3.05, 3.63) is 0 Å². The van der Waals surface area contributed by atoms with Crippen molar-refractivity contribution in [1.29, 1.82) is 0 Å². The van der Waals surface area contributed by atoms with Gasteiger partial charge in [0.1, 0.15) is 77.8 Å². The zero-order valence-corrected chi connectivity index (χ0v) is 91.5. The molecule has 128 heavy (non-hydrogen) atoms. The summed E-state index contributed by atoms with van der Waals surface area (Å²) in [6.07, 6.45) is 9.86. The van der Waals surface area contributed by atoms with Crippen molar-refractivity contribution in [1.82, 2.24) is 29.5 Å². The third-order valence-electron chi connectivity index (χ3n) is 12.6. The quantitative estimate of drug-likeness (QED) is 0.0323. The molecule has 0 aromatic carbocycles. The molecule has 0 aliphatic carbocycles. The van der Waals surface area contributed by atoms with Gasteiger partial charge in [0.15, 0.2) is 34.4 Å². The van der Waals surface area contributed by atoms with Crippen LogP contribution in [0.15, 0.2) is 30.9 Å². The van der Waals surface area contributed by atoms with E-state index in [0.29, 0.717) is 60.9 Å². The molecule has 40 nitrogen and oxygen atoms in total. The largest absolute Gasteiger partial charge is 0.344 e. The minimum Gasteiger partial charge on any atom is -0.344 e. The van der Waals surface area contributed by atoms with Gasteiger partial charge in [-0.05, 0) is 106 Å². The standard InChI is InChI=1S/C7H13NO2.C7H14O3S.C6H11N3.C6H13NO3S.C6H13NO2S.C6H11NO2.C6H12O3S.C5H9N3.C5H11NO3S.C5H11NO2S.C5H13O2P.C5H12O2S.C4H11O2P.C4H10O2S.CH4/c1-5(2)4-7(10)8-6(3)9;1-6(2)4-11(9,10)5-7(3)8;1-5(2)3-6-4-7-9-8-6;1-5(2)4-6(8)7-11(3,9)10;1-5(2)4-6(8)7-10(3)9;1-4(2)6(9)7-5(3)8;1-5(2)10(8,9)4-6(3)7;1-4(2)5-3-6-8-7-5;1-4(2)5(7)6-10(3,8)9;1-4(2)5(7)6-9(3)8;2*1-5(2)4-8(3,6)7;2*1-4(2)7(3,5)6;/h5H,4H2,1-3H3,(H,8,9,10);6H,4-5H2,1-3H3;5H,3-4H2,1-2H3;5H,4H2,1-3H3,(H,7,8);5H,4H2,1-3H3,(H,7,8);4H,1-3H3,(H,7,8,9);5H,4H2,1-3H3;4H,3H2,1-2H3;4H,1-3H3,(H,6,7);4H,1-3H3,(H,6,7);5H,4H2,1-3H3,(H,6,7);5H,4H2,1-3H3;4H,1-3H3,(H,5,6);4H,1-3H3;1H4.